The molecule has 0 bridgehead atoms. The Labute approximate surface area is 171 Å². The fourth-order valence-corrected chi connectivity index (χ4v) is 4.52. The third-order valence-electron chi connectivity index (χ3n) is 4.14. The summed E-state index contributed by atoms with van der Waals surface area (Å²) in [6.45, 7) is 3.34. The third kappa shape index (κ3) is 3.98. The van der Waals surface area contributed by atoms with Gasteiger partial charge in [0.1, 0.15) is 0 Å². The number of sulfonamides is 1. The molecule has 10 heteroatoms. The van der Waals surface area contributed by atoms with Gasteiger partial charge in [-0.1, -0.05) is 29.8 Å². The minimum atomic E-state index is -3.77. The van der Waals surface area contributed by atoms with E-state index in [1.54, 1.807) is 28.8 Å². The molecule has 0 fully saturated rings. The number of carbonyl (C=O) groups is 1. The maximum atomic E-state index is 12.6. The zero-order valence-corrected chi connectivity index (χ0v) is 17.2. The molecule has 1 amide bonds. The molecule has 2 heterocycles. The van der Waals surface area contributed by atoms with Crippen LogP contribution >= 0.6 is 11.3 Å². The third-order valence-corrected chi connectivity index (χ3v) is 6.30. The number of rotatable bonds is 5. The van der Waals surface area contributed by atoms with Crippen LogP contribution < -0.4 is 10.0 Å². The molecule has 2 N–H and O–H groups in total. The van der Waals surface area contributed by atoms with Crippen LogP contribution in [0.2, 0.25) is 0 Å². The highest BCUT2D eigenvalue weighted by molar-refractivity contribution is 7.92. The normalized spacial score (nSPS) is 11.5. The molecule has 0 atom stereocenters. The summed E-state index contributed by atoms with van der Waals surface area (Å²) < 4.78 is 29.1. The van der Waals surface area contributed by atoms with Crippen molar-refractivity contribution in [3.63, 3.8) is 0 Å². The standard InChI is InChI=1S/C19H17N5O3S2/c1-12-3-9-16(10-4-12)29(26,27)23-18-21-19-24(22-18)17(11-28-19)14-5-7-15(8-6-14)20-13(2)25/h3-11H,1-2H3,(H,20,25)(H,22,23). The maximum absolute atomic E-state index is 12.6. The van der Waals surface area contributed by atoms with Crippen molar-refractivity contribution in [2.45, 2.75) is 18.7 Å². The van der Waals surface area contributed by atoms with Crippen LogP contribution in [0.25, 0.3) is 16.2 Å². The lowest BCUT2D eigenvalue weighted by atomic mass is 10.1. The minimum absolute atomic E-state index is 0.00791. The average Bonchev–Trinajstić information content (AvgIpc) is 3.22. The Hall–Kier alpha value is -3.24. The lowest BCUT2D eigenvalue weighted by Crippen LogP contribution is -2.14. The predicted octanol–water partition coefficient (Wildman–Crippen LogP) is 3.53. The zero-order valence-electron chi connectivity index (χ0n) is 15.6. The van der Waals surface area contributed by atoms with Crippen LogP contribution in [0.15, 0.2) is 58.8 Å². The number of thiazole rings is 1. The molecule has 0 aliphatic heterocycles. The summed E-state index contributed by atoms with van der Waals surface area (Å²) in [5, 5.41) is 8.91. The number of nitrogens with one attached hydrogen (secondary N) is 2. The van der Waals surface area contributed by atoms with E-state index in [-0.39, 0.29) is 16.8 Å². The van der Waals surface area contributed by atoms with E-state index < -0.39 is 10.0 Å². The highest BCUT2D eigenvalue weighted by atomic mass is 32.2. The van der Waals surface area contributed by atoms with Gasteiger partial charge in [-0.3, -0.25) is 4.79 Å². The van der Waals surface area contributed by atoms with E-state index in [4.69, 9.17) is 0 Å². The van der Waals surface area contributed by atoms with Crippen molar-refractivity contribution in [1.82, 2.24) is 14.6 Å². The molecule has 0 aliphatic rings. The van der Waals surface area contributed by atoms with E-state index in [1.165, 1.54) is 30.4 Å². The van der Waals surface area contributed by atoms with Crippen LogP contribution in [0.1, 0.15) is 12.5 Å². The Bertz CT molecular complexity index is 1290. The first-order chi connectivity index (χ1) is 13.8. The number of hydrogen-bond acceptors (Lipinski definition) is 6. The Balaban J connectivity index is 1.62. The van der Waals surface area contributed by atoms with Crippen molar-refractivity contribution in [3.8, 4) is 11.3 Å². The monoisotopic (exact) mass is 427 g/mol. The Kier molecular flexibility index (Phi) is 4.81. The van der Waals surface area contributed by atoms with Gasteiger partial charge in [-0.2, -0.15) is 4.98 Å². The van der Waals surface area contributed by atoms with Crippen molar-refractivity contribution in [2.24, 2.45) is 0 Å². The molecular formula is C19H17N5O3S2. The molecule has 0 saturated heterocycles. The lowest BCUT2D eigenvalue weighted by Gasteiger charge is -2.05. The van der Waals surface area contributed by atoms with Gasteiger partial charge in [0.2, 0.25) is 10.9 Å². The van der Waals surface area contributed by atoms with E-state index in [1.807, 2.05) is 24.4 Å². The zero-order chi connectivity index (χ0) is 20.6. The molecule has 4 rings (SSSR count). The van der Waals surface area contributed by atoms with Gasteiger partial charge in [0.15, 0.2) is 0 Å². The summed E-state index contributed by atoms with van der Waals surface area (Å²) in [7, 11) is -3.77. The Morgan fingerprint density at radius 3 is 2.41 bits per heavy atom. The molecule has 0 unspecified atom stereocenters. The molecule has 2 aromatic heterocycles. The molecule has 0 radical (unpaired) electrons. The van der Waals surface area contributed by atoms with Crippen LogP contribution in [-0.2, 0) is 14.8 Å². The van der Waals surface area contributed by atoms with Crippen LogP contribution in [0.5, 0.6) is 0 Å². The second-order valence-corrected chi connectivity index (χ2v) is 8.95. The van der Waals surface area contributed by atoms with Gasteiger partial charge in [0.05, 0.1) is 10.6 Å². The second-order valence-electron chi connectivity index (χ2n) is 6.43. The van der Waals surface area contributed by atoms with Crippen molar-refractivity contribution >= 4 is 43.9 Å². The van der Waals surface area contributed by atoms with Gasteiger partial charge in [-0.05, 0) is 31.2 Å². The summed E-state index contributed by atoms with van der Waals surface area (Å²) in [6.07, 6.45) is 0. The molecular weight excluding hydrogens is 410 g/mol. The Morgan fingerprint density at radius 2 is 1.76 bits per heavy atom. The van der Waals surface area contributed by atoms with Crippen LogP contribution in [0, 0.1) is 6.92 Å². The highest BCUT2D eigenvalue weighted by Crippen LogP contribution is 2.27. The summed E-state index contributed by atoms with van der Waals surface area (Å²) in [5.41, 5.74) is 3.30. The predicted molar refractivity (Wildman–Crippen MR) is 113 cm³/mol. The van der Waals surface area contributed by atoms with Gasteiger partial charge in [0.25, 0.3) is 16.0 Å². The summed E-state index contributed by atoms with van der Waals surface area (Å²) in [6, 6.07) is 13.8. The number of nitrogens with zero attached hydrogens (tertiary/aromatic N) is 3. The number of hydrogen-bond donors (Lipinski definition) is 2. The van der Waals surface area contributed by atoms with Gasteiger partial charge < -0.3 is 5.32 Å². The summed E-state index contributed by atoms with van der Waals surface area (Å²) >= 11 is 1.35. The van der Waals surface area contributed by atoms with E-state index in [0.29, 0.717) is 10.6 Å². The minimum Gasteiger partial charge on any atom is -0.326 e. The number of aromatic nitrogens is 3. The Morgan fingerprint density at radius 1 is 1.07 bits per heavy atom. The number of aryl methyl sites for hydroxylation is 1. The van der Waals surface area contributed by atoms with Crippen LogP contribution in [0.3, 0.4) is 0 Å². The number of fused-ring (bicyclic) bond motifs is 1. The first-order valence-electron chi connectivity index (χ1n) is 8.63. The number of anilines is 2. The first-order valence-corrected chi connectivity index (χ1v) is 11.0. The van der Waals surface area contributed by atoms with E-state index in [2.05, 4.69) is 20.1 Å². The first kappa shape index (κ1) is 19.1. The highest BCUT2D eigenvalue weighted by Gasteiger charge is 2.18. The lowest BCUT2D eigenvalue weighted by molar-refractivity contribution is -0.114. The summed E-state index contributed by atoms with van der Waals surface area (Å²) in [4.78, 5) is 16.1. The number of carbonyl (C=O) groups excluding carboxylic acids is 1. The maximum Gasteiger partial charge on any atom is 0.264 e. The largest absolute Gasteiger partial charge is 0.326 e. The molecule has 2 aromatic carbocycles. The van der Waals surface area contributed by atoms with Gasteiger partial charge in [0, 0.05) is 23.6 Å². The van der Waals surface area contributed by atoms with Gasteiger partial charge in [-0.15, -0.1) is 16.4 Å². The quantitative estimate of drug-likeness (QED) is 0.507. The second kappa shape index (κ2) is 7.30. The topological polar surface area (TPSA) is 105 Å². The van der Waals surface area contributed by atoms with Crippen molar-refractivity contribution in [2.75, 3.05) is 10.0 Å². The number of amides is 1. The van der Waals surface area contributed by atoms with Crippen molar-refractivity contribution in [1.29, 1.82) is 0 Å². The smallest absolute Gasteiger partial charge is 0.264 e. The summed E-state index contributed by atoms with van der Waals surface area (Å²) in [5.74, 6) is -0.133. The van der Waals surface area contributed by atoms with Crippen molar-refractivity contribution < 1.29 is 13.2 Å². The van der Waals surface area contributed by atoms with Crippen LogP contribution in [0.4, 0.5) is 11.6 Å². The van der Waals surface area contributed by atoms with E-state index >= 15 is 0 Å². The molecule has 4 aromatic rings. The molecule has 0 aliphatic carbocycles. The van der Waals surface area contributed by atoms with E-state index in [0.717, 1.165) is 16.8 Å². The molecule has 0 saturated carbocycles. The van der Waals surface area contributed by atoms with E-state index in [9.17, 15) is 13.2 Å². The molecule has 8 nitrogen and oxygen atoms in total. The number of benzene rings is 2. The molecule has 29 heavy (non-hydrogen) atoms. The van der Waals surface area contributed by atoms with Gasteiger partial charge in [-0.25, -0.2) is 17.7 Å². The fraction of sp³-hybridized carbons (Fsp3) is 0.105. The molecule has 148 valence electrons. The van der Waals surface area contributed by atoms with Crippen LogP contribution in [-0.4, -0.2) is 28.9 Å². The van der Waals surface area contributed by atoms with Gasteiger partial charge >= 0.3 is 0 Å². The molecule has 0 spiro atoms. The fourth-order valence-electron chi connectivity index (χ4n) is 2.75. The van der Waals surface area contributed by atoms with Crippen molar-refractivity contribution in [3.05, 3.63) is 59.5 Å². The average molecular weight is 428 g/mol. The SMILES string of the molecule is CC(=O)Nc1ccc(-c2csc3nc(NS(=O)(=O)c4ccc(C)cc4)nn23)cc1.